The van der Waals surface area contributed by atoms with Gasteiger partial charge in [0.1, 0.15) is 0 Å². The second-order valence-electron chi connectivity index (χ2n) is 4.31. The summed E-state index contributed by atoms with van der Waals surface area (Å²) in [7, 11) is 0. The predicted molar refractivity (Wildman–Crippen MR) is 74.7 cm³/mol. The first kappa shape index (κ1) is 13.3. The lowest BCUT2D eigenvalue weighted by Crippen LogP contribution is -2.15. The number of carbonyl (C=O) groups is 1. The van der Waals surface area contributed by atoms with Crippen LogP contribution in [0, 0.1) is 0 Å². The summed E-state index contributed by atoms with van der Waals surface area (Å²) in [5.74, 6) is -0.305. The van der Waals surface area contributed by atoms with Gasteiger partial charge in [-0.3, -0.25) is 0 Å². The molecule has 0 fully saturated rings. The average molecular weight is 255 g/mol. The fraction of sp³-hybridized carbons (Fsp3) is 0.188. The van der Waals surface area contributed by atoms with Crippen molar-refractivity contribution < 1.29 is 9.53 Å². The van der Waals surface area contributed by atoms with Gasteiger partial charge in [0.2, 0.25) is 0 Å². The zero-order chi connectivity index (χ0) is 13.5. The molecule has 2 N–H and O–H groups in total. The largest absolute Gasteiger partial charge is 0.462 e. The monoisotopic (exact) mass is 255 g/mol. The summed E-state index contributed by atoms with van der Waals surface area (Å²) in [4.78, 5) is 11.7. The number of carbonyl (C=O) groups excluding carboxylic acids is 1. The van der Waals surface area contributed by atoms with Gasteiger partial charge >= 0.3 is 5.97 Å². The van der Waals surface area contributed by atoms with Gasteiger partial charge in [0.05, 0.1) is 12.2 Å². The molecule has 0 saturated carbocycles. The number of benzene rings is 2. The van der Waals surface area contributed by atoms with Crippen molar-refractivity contribution in [1.29, 1.82) is 0 Å². The molecule has 0 radical (unpaired) electrons. The molecule has 0 spiro atoms. The van der Waals surface area contributed by atoms with Crippen LogP contribution in [-0.2, 0) is 4.74 Å². The van der Waals surface area contributed by atoms with Crippen LogP contribution in [-0.4, -0.2) is 12.6 Å². The maximum atomic E-state index is 11.7. The molecule has 1 atom stereocenters. The Labute approximate surface area is 113 Å². The summed E-state index contributed by atoms with van der Waals surface area (Å²) >= 11 is 0. The predicted octanol–water partition coefficient (Wildman–Crippen LogP) is 2.93. The molecule has 0 aliphatic rings. The van der Waals surface area contributed by atoms with Crippen molar-refractivity contribution in [2.24, 2.45) is 5.73 Å². The highest BCUT2D eigenvalue weighted by molar-refractivity contribution is 5.89. The molecule has 0 heterocycles. The molecule has 0 aliphatic carbocycles. The van der Waals surface area contributed by atoms with Crippen LogP contribution >= 0.6 is 0 Å². The van der Waals surface area contributed by atoms with Crippen LogP contribution in [0.25, 0.3) is 0 Å². The molecule has 2 aromatic carbocycles. The fourth-order valence-electron chi connectivity index (χ4n) is 1.80. The minimum absolute atomic E-state index is 0.107. The maximum absolute atomic E-state index is 11.7. The van der Waals surface area contributed by atoms with Gasteiger partial charge in [-0.05, 0) is 17.7 Å². The number of hydrogen-bond donors (Lipinski definition) is 1. The molecule has 2 rings (SSSR count). The molecule has 98 valence electrons. The lowest BCUT2D eigenvalue weighted by molar-refractivity contribution is 0.0493. The van der Waals surface area contributed by atoms with Crippen LogP contribution in [0.15, 0.2) is 60.7 Å². The highest BCUT2D eigenvalue weighted by Crippen LogP contribution is 2.13. The molecule has 0 saturated heterocycles. The lowest BCUT2D eigenvalue weighted by Gasteiger charge is -2.12. The number of esters is 1. The van der Waals surface area contributed by atoms with Crippen molar-refractivity contribution in [2.45, 2.75) is 12.5 Å². The zero-order valence-corrected chi connectivity index (χ0v) is 10.7. The quantitative estimate of drug-likeness (QED) is 0.836. The molecule has 2 aromatic rings. The second kappa shape index (κ2) is 6.71. The standard InChI is InChI=1S/C16H17NO2/c17-15(13-7-3-1-4-8-13)11-12-19-16(18)14-9-5-2-6-10-14/h1-10,15H,11-12,17H2/t15-/m0/s1. The van der Waals surface area contributed by atoms with E-state index >= 15 is 0 Å². The van der Waals surface area contributed by atoms with E-state index < -0.39 is 0 Å². The first-order valence-corrected chi connectivity index (χ1v) is 6.30. The third-order valence-corrected chi connectivity index (χ3v) is 2.90. The van der Waals surface area contributed by atoms with Crippen LogP contribution in [0.3, 0.4) is 0 Å². The van der Waals surface area contributed by atoms with E-state index in [4.69, 9.17) is 10.5 Å². The summed E-state index contributed by atoms with van der Waals surface area (Å²) < 4.78 is 5.20. The van der Waals surface area contributed by atoms with E-state index in [0.717, 1.165) is 5.56 Å². The van der Waals surface area contributed by atoms with Gasteiger partial charge in [0.25, 0.3) is 0 Å². The van der Waals surface area contributed by atoms with E-state index in [9.17, 15) is 4.79 Å². The van der Waals surface area contributed by atoms with Crippen molar-refractivity contribution in [2.75, 3.05) is 6.61 Å². The number of nitrogens with two attached hydrogens (primary N) is 1. The van der Waals surface area contributed by atoms with Crippen molar-refractivity contribution in [3.8, 4) is 0 Å². The van der Waals surface area contributed by atoms with Crippen LogP contribution in [0.5, 0.6) is 0 Å². The van der Waals surface area contributed by atoms with Gasteiger partial charge in [0.15, 0.2) is 0 Å². The van der Waals surface area contributed by atoms with E-state index in [1.54, 1.807) is 12.1 Å². The van der Waals surface area contributed by atoms with Crippen LogP contribution in [0.2, 0.25) is 0 Å². The van der Waals surface area contributed by atoms with Gasteiger partial charge in [-0.25, -0.2) is 4.79 Å². The Balaban J connectivity index is 1.79. The number of ether oxygens (including phenoxy) is 1. The molecule has 3 nitrogen and oxygen atoms in total. The van der Waals surface area contributed by atoms with E-state index in [2.05, 4.69) is 0 Å². The van der Waals surface area contributed by atoms with Gasteiger partial charge < -0.3 is 10.5 Å². The summed E-state index contributed by atoms with van der Waals surface area (Å²) in [5, 5.41) is 0. The topological polar surface area (TPSA) is 52.3 Å². The smallest absolute Gasteiger partial charge is 0.338 e. The van der Waals surface area contributed by atoms with Gasteiger partial charge in [-0.2, -0.15) is 0 Å². The fourth-order valence-corrected chi connectivity index (χ4v) is 1.80. The van der Waals surface area contributed by atoms with E-state index in [1.807, 2.05) is 48.5 Å². The van der Waals surface area contributed by atoms with E-state index in [-0.39, 0.29) is 12.0 Å². The SMILES string of the molecule is N[C@@H](CCOC(=O)c1ccccc1)c1ccccc1. The lowest BCUT2D eigenvalue weighted by atomic mass is 10.1. The highest BCUT2D eigenvalue weighted by Gasteiger charge is 2.09. The Bertz CT molecular complexity index is 511. The Morgan fingerprint density at radius 1 is 1.00 bits per heavy atom. The Morgan fingerprint density at radius 3 is 2.21 bits per heavy atom. The minimum atomic E-state index is -0.305. The molecule has 0 aliphatic heterocycles. The van der Waals surface area contributed by atoms with Crippen LogP contribution < -0.4 is 5.73 Å². The first-order valence-electron chi connectivity index (χ1n) is 6.30. The highest BCUT2D eigenvalue weighted by atomic mass is 16.5. The summed E-state index contributed by atoms with van der Waals surface area (Å²) in [6.07, 6.45) is 0.614. The molecule has 0 unspecified atom stereocenters. The molecule has 0 bridgehead atoms. The summed E-state index contributed by atoms with van der Waals surface area (Å²) in [6, 6.07) is 18.7. The minimum Gasteiger partial charge on any atom is -0.462 e. The Kier molecular flexibility index (Phi) is 4.70. The third-order valence-electron chi connectivity index (χ3n) is 2.90. The summed E-state index contributed by atoms with van der Waals surface area (Å²) in [6.45, 7) is 0.323. The van der Waals surface area contributed by atoms with Gasteiger partial charge in [-0.1, -0.05) is 48.5 Å². The number of rotatable bonds is 5. The molecule has 0 aromatic heterocycles. The maximum Gasteiger partial charge on any atom is 0.338 e. The molecule has 0 amide bonds. The van der Waals surface area contributed by atoms with E-state index in [1.165, 1.54) is 0 Å². The van der Waals surface area contributed by atoms with Gasteiger partial charge in [-0.15, -0.1) is 0 Å². The first-order chi connectivity index (χ1) is 9.27. The molecular formula is C16H17NO2. The summed E-state index contributed by atoms with van der Waals surface area (Å²) in [5.41, 5.74) is 7.65. The third kappa shape index (κ3) is 3.93. The molecule has 3 heteroatoms. The van der Waals surface area contributed by atoms with Gasteiger partial charge in [0, 0.05) is 12.5 Å². The second-order valence-corrected chi connectivity index (χ2v) is 4.31. The normalized spacial score (nSPS) is 11.8. The van der Waals surface area contributed by atoms with Crippen molar-refractivity contribution in [1.82, 2.24) is 0 Å². The van der Waals surface area contributed by atoms with Crippen molar-refractivity contribution >= 4 is 5.97 Å². The van der Waals surface area contributed by atoms with Crippen LogP contribution in [0.1, 0.15) is 28.4 Å². The van der Waals surface area contributed by atoms with Crippen molar-refractivity contribution in [3.63, 3.8) is 0 Å². The number of hydrogen-bond acceptors (Lipinski definition) is 3. The Hall–Kier alpha value is -2.13. The Morgan fingerprint density at radius 2 is 1.58 bits per heavy atom. The zero-order valence-electron chi connectivity index (χ0n) is 10.7. The molecular weight excluding hydrogens is 238 g/mol. The van der Waals surface area contributed by atoms with Crippen molar-refractivity contribution in [3.05, 3.63) is 71.8 Å². The van der Waals surface area contributed by atoms with E-state index in [0.29, 0.717) is 18.6 Å². The van der Waals surface area contributed by atoms with Crippen LogP contribution in [0.4, 0.5) is 0 Å². The molecule has 19 heavy (non-hydrogen) atoms. The average Bonchev–Trinajstić information content (AvgIpc) is 2.49.